The lowest BCUT2D eigenvalue weighted by Gasteiger charge is -2.18. The van der Waals surface area contributed by atoms with Crippen molar-refractivity contribution in [1.29, 1.82) is 5.26 Å². The van der Waals surface area contributed by atoms with Gasteiger partial charge in [-0.25, -0.2) is 4.98 Å². The van der Waals surface area contributed by atoms with E-state index in [9.17, 15) is 5.26 Å². The lowest BCUT2D eigenvalue weighted by atomic mass is 10.0. The summed E-state index contributed by atoms with van der Waals surface area (Å²) in [7, 11) is 0. The molecule has 0 spiro atoms. The Kier molecular flexibility index (Phi) is 8.84. The number of nitrogens with one attached hydrogen (secondary N) is 4. The molecule has 3 heterocycles. The fourth-order valence-corrected chi connectivity index (χ4v) is 5.23. The van der Waals surface area contributed by atoms with Crippen LogP contribution >= 0.6 is 0 Å². The number of aromatic amines is 2. The number of azo groups is 2. The molecular weight excluding hydrogens is 592 g/mol. The molecule has 0 radical (unpaired) electrons. The molecule has 0 atom stereocenters. The molecule has 232 valence electrons. The highest BCUT2D eigenvalue weighted by Crippen LogP contribution is 2.37. The van der Waals surface area contributed by atoms with Crippen molar-refractivity contribution in [3.63, 3.8) is 0 Å². The van der Waals surface area contributed by atoms with E-state index in [0.29, 0.717) is 17.3 Å². The van der Waals surface area contributed by atoms with Gasteiger partial charge in [0.15, 0.2) is 11.5 Å². The van der Waals surface area contributed by atoms with Gasteiger partial charge in [0.1, 0.15) is 17.6 Å². The molecule has 14 nitrogen and oxygen atoms in total. The number of anilines is 4. The molecule has 0 saturated carbocycles. The summed E-state index contributed by atoms with van der Waals surface area (Å²) in [6, 6.07) is 12.3. The van der Waals surface area contributed by atoms with Crippen molar-refractivity contribution in [2.75, 3.05) is 10.6 Å². The first-order valence-electron chi connectivity index (χ1n) is 14.4. The third-order valence-electron chi connectivity index (χ3n) is 7.17. The second kappa shape index (κ2) is 13.1. The molecule has 0 aliphatic rings. The molecule has 5 rings (SSSR count). The average Bonchev–Trinajstić information content (AvgIpc) is 3.62. The molecule has 0 bridgehead atoms. The minimum absolute atomic E-state index is 0.00857. The standard InChI is InChI=1S/C33H30N14/c1-16-10-18(3)25(19(4)11-16)38-24-14-22(7)27(29(39-24)40-26-20(5)12-17(2)13-21(26)6)44-45-28-23(15-34)37-32(41-28)46-47-33-42-30(35-8)31(36-9)43-33/h10-14H,1-7H3,(H,37,41)(H,42,43)(H2,38,39,40)/b45-44?,47-46+. The normalized spacial score (nSPS) is 11.1. The van der Waals surface area contributed by atoms with Crippen molar-refractivity contribution in [2.24, 2.45) is 20.5 Å². The Bertz CT molecular complexity index is 2140. The van der Waals surface area contributed by atoms with Gasteiger partial charge < -0.3 is 25.3 Å². The lowest BCUT2D eigenvalue weighted by molar-refractivity contribution is 1.07. The van der Waals surface area contributed by atoms with Crippen molar-refractivity contribution in [1.82, 2.24) is 24.9 Å². The zero-order valence-electron chi connectivity index (χ0n) is 26.9. The largest absolute Gasteiger partial charge is 0.414 e. The van der Waals surface area contributed by atoms with Crippen LogP contribution < -0.4 is 10.6 Å². The van der Waals surface area contributed by atoms with Gasteiger partial charge in [0, 0.05) is 11.4 Å². The Hall–Kier alpha value is -6.72. The van der Waals surface area contributed by atoms with Crippen molar-refractivity contribution < 1.29 is 0 Å². The first-order valence-corrected chi connectivity index (χ1v) is 14.4. The number of pyridine rings is 1. The number of nitriles is 1. The fraction of sp³-hybridized carbons (Fsp3) is 0.212. The number of nitrogens with zero attached hydrogens (tertiary/aromatic N) is 10. The van der Waals surface area contributed by atoms with E-state index in [0.717, 1.165) is 44.8 Å². The zero-order chi connectivity index (χ0) is 33.8. The summed E-state index contributed by atoms with van der Waals surface area (Å²) in [5.74, 6) is 0.831. The first kappa shape index (κ1) is 31.7. The number of hydrogen-bond donors (Lipinski definition) is 4. The van der Waals surface area contributed by atoms with Crippen molar-refractivity contribution in [2.45, 2.75) is 48.5 Å². The predicted molar refractivity (Wildman–Crippen MR) is 180 cm³/mol. The van der Waals surface area contributed by atoms with Crippen LogP contribution in [0.3, 0.4) is 0 Å². The smallest absolute Gasteiger partial charge is 0.373 e. The van der Waals surface area contributed by atoms with Gasteiger partial charge in [0.05, 0.1) is 0 Å². The van der Waals surface area contributed by atoms with Gasteiger partial charge in [-0.05, 0) is 82.3 Å². The summed E-state index contributed by atoms with van der Waals surface area (Å²) in [4.78, 5) is 24.8. The molecule has 5 aromatic rings. The van der Waals surface area contributed by atoms with Crippen LogP contribution in [0.1, 0.15) is 44.6 Å². The summed E-state index contributed by atoms with van der Waals surface area (Å²) in [6.07, 6.45) is 0. The van der Waals surface area contributed by atoms with E-state index in [1.165, 1.54) is 5.56 Å². The van der Waals surface area contributed by atoms with Gasteiger partial charge in [0.2, 0.25) is 11.8 Å². The van der Waals surface area contributed by atoms with E-state index in [-0.39, 0.29) is 35.0 Å². The van der Waals surface area contributed by atoms with Gasteiger partial charge in [-0.3, -0.25) is 4.98 Å². The van der Waals surface area contributed by atoms with Crippen LogP contribution in [0.25, 0.3) is 9.69 Å². The second-order valence-corrected chi connectivity index (χ2v) is 11.0. The Morgan fingerprint density at radius 3 is 1.79 bits per heavy atom. The maximum absolute atomic E-state index is 9.73. The molecule has 0 fully saturated rings. The molecule has 47 heavy (non-hydrogen) atoms. The van der Waals surface area contributed by atoms with Gasteiger partial charge in [-0.1, -0.05) is 58.6 Å². The number of imidazole rings is 2. The van der Waals surface area contributed by atoms with Crippen LogP contribution in [0.2, 0.25) is 0 Å². The summed E-state index contributed by atoms with van der Waals surface area (Å²) >= 11 is 0. The Morgan fingerprint density at radius 2 is 1.26 bits per heavy atom. The maximum atomic E-state index is 9.73. The van der Waals surface area contributed by atoms with Crippen LogP contribution in [0.5, 0.6) is 0 Å². The van der Waals surface area contributed by atoms with E-state index in [1.54, 1.807) is 0 Å². The summed E-state index contributed by atoms with van der Waals surface area (Å²) in [6.45, 7) is 28.5. The second-order valence-electron chi connectivity index (χ2n) is 11.0. The van der Waals surface area contributed by atoms with E-state index in [4.69, 9.17) is 18.1 Å². The molecule has 0 amide bonds. The van der Waals surface area contributed by atoms with Crippen molar-refractivity contribution in [3.05, 3.63) is 97.8 Å². The Balaban J connectivity index is 1.53. The van der Waals surface area contributed by atoms with Crippen LogP contribution in [0, 0.1) is 72.9 Å². The number of H-pyrrole nitrogens is 2. The Labute approximate surface area is 271 Å². The molecule has 0 saturated heterocycles. The molecule has 0 aliphatic heterocycles. The van der Waals surface area contributed by atoms with Gasteiger partial charge in [-0.2, -0.15) is 10.2 Å². The van der Waals surface area contributed by atoms with Crippen LogP contribution in [0.15, 0.2) is 50.8 Å². The quantitative estimate of drug-likeness (QED) is 0.0988. The van der Waals surface area contributed by atoms with Crippen LogP contribution in [-0.2, 0) is 0 Å². The highest BCUT2D eigenvalue weighted by Gasteiger charge is 2.17. The molecule has 3 aromatic heterocycles. The number of aryl methyl sites for hydroxylation is 7. The number of hydrogen-bond acceptors (Lipinski definition) is 10. The molecule has 14 heteroatoms. The highest BCUT2D eigenvalue weighted by molar-refractivity contribution is 5.77. The predicted octanol–water partition coefficient (Wildman–Crippen LogP) is 9.98. The third-order valence-corrected chi connectivity index (χ3v) is 7.17. The molecule has 0 aliphatic carbocycles. The van der Waals surface area contributed by atoms with E-state index in [2.05, 4.69) is 113 Å². The van der Waals surface area contributed by atoms with Gasteiger partial charge >= 0.3 is 5.95 Å². The monoisotopic (exact) mass is 622 g/mol. The number of rotatable bonds is 8. The van der Waals surface area contributed by atoms with Crippen molar-refractivity contribution in [3.8, 4) is 6.07 Å². The topological polar surface area (TPSA) is 176 Å². The average molecular weight is 623 g/mol. The molecular formula is C33H30N14. The minimum Gasteiger partial charge on any atom is -0.373 e. The minimum atomic E-state index is -0.115. The summed E-state index contributed by atoms with van der Waals surface area (Å²) in [5, 5.41) is 33.3. The highest BCUT2D eigenvalue weighted by atomic mass is 15.3. The van der Waals surface area contributed by atoms with Gasteiger partial charge in [-0.15, -0.1) is 15.3 Å². The summed E-state index contributed by atoms with van der Waals surface area (Å²) < 4.78 is 0. The molecule has 0 unspecified atom stereocenters. The van der Waals surface area contributed by atoms with E-state index >= 15 is 0 Å². The SMILES string of the molecule is [C-]#[N+]c1nc(/N=N/c2nc(N=Nc3c(C)cc(Nc4c(C)cc(C)cc4C)nc3Nc3c(C)cc(C)cc3C)c(C#N)[nH]2)[nH]c1[N+]#[C-]. The van der Waals surface area contributed by atoms with Crippen LogP contribution in [-0.4, -0.2) is 24.9 Å². The van der Waals surface area contributed by atoms with Crippen molar-refractivity contribution >= 4 is 58.0 Å². The third kappa shape index (κ3) is 6.85. The zero-order valence-corrected chi connectivity index (χ0v) is 26.9. The number of benzene rings is 2. The maximum Gasteiger partial charge on any atom is 0.414 e. The summed E-state index contributed by atoms with van der Waals surface area (Å²) in [5.41, 5.74) is 9.76. The van der Waals surface area contributed by atoms with E-state index in [1.807, 2.05) is 32.9 Å². The van der Waals surface area contributed by atoms with Crippen LogP contribution in [0.4, 0.5) is 58.0 Å². The molecule has 2 aromatic carbocycles. The first-order chi connectivity index (χ1) is 22.5. The lowest BCUT2D eigenvalue weighted by Crippen LogP contribution is -2.04. The number of aromatic nitrogens is 5. The van der Waals surface area contributed by atoms with E-state index < -0.39 is 0 Å². The fourth-order valence-electron chi connectivity index (χ4n) is 5.23. The molecule has 4 N–H and O–H groups in total. The Morgan fingerprint density at radius 1 is 0.681 bits per heavy atom. The van der Waals surface area contributed by atoms with Gasteiger partial charge in [0.25, 0.3) is 11.6 Å².